The molecule has 106 valence electrons. The Bertz CT molecular complexity index is 866. The van der Waals surface area contributed by atoms with E-state index in [-0.39, 0.29) is 11.4 Å². The fourth-order valence-electron chi connectivity index (χ4n) is 2.15. The van der Waals surface area contributed by atoms with Gasteiger partial charge >= 0.3 is 5.63 Å². The van der Waals surface area contributed by atoms with Crippen LogP contribution in [0.15, 0.2) is 51.7 Å². The summed E-state index contributed by atoms with van der Waals surface area (Å²) in [5.74, 6) is 0.233. The van der Waals surface area contributed by atoms with Crippen molar-refractivity contribution in [2.24, 2.45) is 0 Å². The van der Waals surface area contributed by atoms with Crippen LogP contribution in [0.1, 0.15) is 5.56 Å². The van der Waals surface area contributed by atoms with E-state index in [4.69, 9.17) is 14.9 Å². The standard InChI is InChI=1S/C16H12FNO3/c1-9-4-16(19)21-15-8-12(2-3-14(9)15)20-13-6-10(17)5-11(18)7-13/h2-8H,18H2,1H3. The Balaban J connectivity index is 2.03. The topological polar surface area (TPSA) is 65.5 Å². The molecule has 4 nitrogen and oxygen atoms in total. The van der Waals surface area contributed by atoms with Gasteiger partial charge in [-0.15, -0.1) is 0 Å². The lowest BCUT2D eigenvalue weighted by Crippen LogP contribution is -1.98. The van der Waals surface area contributed by atoms with Gasteiger partial charge in [-0.05, 0) is 30.7 Å². The van der Waals surface area contributed by atoms with Gasteiger partial charge in [0.2, 0.25) is 0 Å². The van der Waals surface area contributed by atoms with E-state index in [1.807, 2.05) is 6.92 Å². The first-order valence-electron chi connectivity index (χ1n) is 6.30. The molecular weight excluding hydrogens is 273 g/mol. The van der Waals surface area contributed by atoms with Gasteiger partial charge in [0.15, 0.2) is 0 Å². The molecule has 0 spiro atoms. The molecule has 1 aromatic heterocycles. The van der Waals surface area contributed by atoms with Crippen LogP contribution in [0.25, 0.3) is 11.0 Å². The minimum absolute atomic E-state index is 0.271. The van der Waals surface area contributed by atoms with E-state index in [2.05, 4.69) is 0 Å². The van der Waals surface area contributed by atoms with Crippen molar-refractivity contribution < 1.29 is 13.5 Å². The number of aryl methyl sites for hydroxylation is 1. The molecule has 3 rings (SSSR count). The van der Waals surface area contributed by atoms with Crippen molar-refractivity contribution in [3.8, 4) is 11.5 Å². The third-order valence-electron chi connectivity index (χ3n) is 3.05. The van der Waals surface area contributed by atoms with Gasteiger partial charge in [-0.25, -0.2) is 9.18 Å². The number of fused-ring (bicyclic) bond motifs is 1. The van der Waals surface area contributed by atoms with Crippen LogP contribution >= 0.6 is 0 Å². The van der Waals surface area contributed by atoms with Crippen molar-refractivity contribution >= 4 is 16.7 Å². The molecule has 0 saturated carbocycles. The molecule has 0 aliphatic heterocycles. The van der Waals surface area contributed by atoms with Gasteiger partial charge in [0.25, 0.3) is 0 Å². The summed E-state index contributed by atoms with van der Waals surface area (Å²) in [4.78, 5) is 11.4. The molecule has 0 fully saturated rings. The van der Waals surface area contributed by atoms with E-state index in [9.17, 15) is 9.18 Å². The maximum absolute atomic E-state index is 13.3. The smallest absolute Gasteiger partial charge is 0.336 e. The number of ether oxygens (including phenoxy) is 1. The second-order valence-corrected chi connectivity index (χ2v) is 4.73. The normalized spacial score (nSPS) is 10.8. The highest BCUT2D eigenvalue weighted by atomic mass is 19.1. The van der Waals surface area contributed by atoms with Crippen LogP contribution in [0, 0.1) is 12.7 Å². The minimum Gasteiger partial charge on any atom is -0.457 e. The number of nitrogen functional groups attached to an aromatic ring is 1. The third-order valence-corrected chi connectivity index (χ3v) is 3.05. The highest BCUT2D eigenvalue weighted by molar-refractivity contribution is 5.81. The lowest BCUT2D eigenvalue weighted by molar-refractivity contribution is 0.475. The van der Waals surface area contributed by atoms with Crippen LogP contribution in [0.4, 0.5) is 10.1 Å². The van der Waals surface area contributed by atoms with Crippen molar-refractivity contribution in [1.82, 2.24) is 0 Å². The van der Waals surface area contributed by atoms with Gasteiger partial charge < -0.3 is 14.9 Å². The summed E-state index contributed by atoms with van der Waals surface area (Å²) in [6.07, 6.45) is 0. The minimum atomic E-state index is -0.479. The molecule has 0 aliphatic carbocycles. The second kappa shape index (κ2) is 4.94. The maximum Gasteiger partial charge on any atom is 0.336 e. The van der Waals surface area contributed by atoms with Crippen molar-refractivity contribution in [2.75, 3.05) is 5.73 Å². The molecule has 0 unspecified atom stereocenters. The molecular formula is C16H12FNO3. The van der Waals surface area contributed by atoms with Crippen molar-refractivity contribution in [3.63, 3.8) is 0 Å². The van der Waals surface area contributed by atoms with Crippen molar-refractivity contribution in [3.05, 3.63) is 64.3 Å². The summed E-state index contributed by atoms with van der Waals surface area (Å²) < 4.78 is 23.9. The maximum atomic E-state index is 13.3. The fraction of sp³-hybridized carbons (Fsp3) is 0.0625. The monoisotopic (exact) mass is 285 g/mol. The molecule has 0 aliphatic rings. The zero-order valence-electron chi connectivity index (χ0n) is 11.2. The van der Waals surface area contributed by atoms with Crippen molar-refractivity contribution in [1.29, 1.82) is 0 Å². The lowest BCUT2D eigenvalue weighted by Gasteiger charge is -2.08. The molecule has 21 heavy (non-hydrogen) atoms. The Hall–Kier alpha value is -2.82. The molecule has 5 heteroatoms. The van der Waals surface area contributed by atoms with Crippen LogP contribution in [0.5, 0.6) is 11.5 Å². The molecule has 0 amide bonds. The molecule has 2 N–H and O–H groups in total. The van der Waals surface area contributed by atoms with Gasteiger partial charge in [0.05, 0.1) is 0 Å². The zero-order chi connectivity index (χ0) is 15.0. The molecule has 1 heterocycles. The highest BCUT2D eigenvalue weighted by Gasteiger charge is 2.06. The Kier molecular flexibility index (Phi) is 3.10. The first kappa shape index (κ1) is 13.2. The van der Waals surface area contributed by atoms with E-state index in [1.165, 1.54) is 24.3 Å². The first-order chi connectivity index (χ1) is 10.0. The van der Waals surface area contributed by atoms with Crippen LogP contribution in [-0.4, -0.2) is 0 Å². The summed E-state index contributed by atoms with van der Waals surface area (Å²) in [5, 5.41) is 0.820. The zero-order valence-corrected chi connectivity index (χ0v) is 11.2. The molecule has 0 bridgehead atoms. The summed E-state index contributed by atoms with van der Waals surface area (Å²) in [5.41, 5.74) is 6.65. The van der Waals surface area contributed by atoms with Gasteiger partial charge in [-0.2, -0.15) is 0 Å². The van der Waals surface area contributed by atoms with E-state index in [0.29, 0.717) is 11.3 Å². The lowest BCUT2D eigenvalue weighted by atomic mass is 10.1. The summed E-state index contributed by atoms with van der Waals surface area (Å²) >= 11 is 0. The number of anilines is 1. The number of benzene rings is 2. The fourth-order valence-corrected chi connectivity index (χ4v) is 2.15. The quantitative estimate of drug-likeness (QED) is 0.577. The van der Waals surface area contributed by atoms with E-state index < -0.39 is 11.4 Å². The number of rotatable bonds is 2. The second-order valence-electron chi connectivity index (χ2n) is 4.73. The Morgan fingerprint density at radius 1 is 1.10 bits per heavy atom. The molecule has 0 radical (unpaired) electrons. The Morgan fingerprint density at radius 2 is 1.90 bits per heavy atom. The summed E-state index contributed by atoms with van der Waals surface area (Å²) in [6, 6.07) is 10.5. The van der Waals surface area contributed by atoms with Gasteiger partial charge in [0.1, 0.15) is 22.9 Å². The largest absolute Gasteiger partial charge is 0.457 e. The molecule has 0 atom stereocenters. The van der Waals surface area contributed by atoms with Gasteiger partial charge in [-0.3, -0.25) is 0 Å². The molecule has 0 saturated heterocycles. The van der Waals surface area contributed by atoms with Crippen molar-refractivity contribution in [2.45, 2.75) is 6.92 Å². The highest BCUT2D eigenvalue weighted by Crippen LogP contribution is 2.28. The predicted octanol–water partition coefficient (Wildman–Crippen LogP) is 3.62. The van der Waals surface area contributed by atoms with Crippen LogP contribution in [0.2, 0.25) is 0 Å². The number of hydrogen-bond acceptors (Lipinski definition) is 4. The summed E-state index contributed by atoms with van der Waals surface area (Å²) in [7, 11) is 0. The third kappa shape index (κ3) is 2.72. The van der Waals surface area contributed by atoms with E-state index in [1.54, 1.807) is 18.2 Å². The average Bonchev–Trinajstić information content (AvgIpc) is 2.36. The van der Waals surface area contributed by atoms with Crippen LogP contribution in [-0.2, 0) is 0 Å². The first-order valence-corrected chi connectivity index (χ1v) is 6.30. The SMILES string of the molecule is Cc1cc(=O)oc2cc(Oc3cc(N)cc(F)c3)ccc12. The molecule has 3 aromatic rings. The average molecular weight is 285 g/mol. The van der Waals surface area contributed by atoms with Gasteiger partial charge in [-0.1, -0.05) is 0 Å². The predicted molar refractivity (Wildman–Crippen MR) is 78.1 cm³/mol. The number of nitrogens with two attached hydrogens (primary N) is 1. The summed E-state index contributed by atoms with van der Waals surface area (Å²) in [6.45, 7) is 1.83. The van der Waals surface area contributed by atoms with Gasteiger partial charge in [0, 0.05) is 35.3 Å². The Labute approximate surface area is 119 Å². The number of hydrogen-bond donors (Lipinski definition) is 1. The number of halogens is 1. The van der Waals surface area contributed by atoms with E-state index >= 15 is 0 Å². The van der Waals surface area contributed by atoms with Crippen LogP contribution < -0.4 is 16.1 Å². The van der Waals surface area contributed by atoms with Crippen LogP contribution in [0.3, 0.4) is 0 Å². The molecule has 2 aromatic carbocycles. The Morgan fingerprint density at radius 3 is 2.67 bits per heavy atom. The van der Waals surface area contributed by atoms with E-state index in [0.717, 1.165) is 10.9 Å².